The monoisotopic (exact) mass is 267 g/mol. The Morgan fingerprint density at radius 1 is 1.50 bits per heavy atom. The van der Waals surface area contributed by atoms with Crippen molar-refractivity contribution in [2.75, 3.05) is 7.05 Å². The quantitative estimate of drug-likeness (QED) is 0.923. The summed E-state index contributed by atoms with van der Waals surface area (Å²) in [5, 5.41) is 3.32. The molecule has 5 heteroatoms. The lowest BCUT2D eigenvalue weighted by atomic mass is 10.0. The van der Waals surface area contributed by atoms with E-state index in [1.807, 2.05) is 30.9 Å². The zero-order valence-electron chi connectivity index (χ0n) is 10.3. The van der Waals surface area contributed by atoms with Gasteiger partial charge in [-0.15, -0.1) is 0 Å². The first-order valence-electron chi connectivity index (χ1n) is 5.71. The molecule has 18 heavy (non-hydrogen) atoms. The molecule has 0 saturated heterocycles. The van der Waals surface area contributed by atoms with Gasteiger partial charge in [0.15, 0.2) is 0 Å². The van der Waals surface area contributed by atoms with E-state index in [1.165, 1.54) is 6.07 Å². The summed E-state index contributed by atoms with van der Waals surface area (Å²) in [4.78, 5) is 4.27. The van der Waals surface area contributed by atoms with Crippen molar-refractivity contribution in [3.05, 3.63) is 52.8 Å². The van der Waals surface area contributed by atoms with Crippen molar-refractivity contribution in [2.24, 2.45) is 7.05 Å². The maximum Gasteiger partial charge on any atom is 0.142 e. The maximum absolute atomic E-state index is 13.5. The Balaban J connectivity index is 2.29. The molecule has 1 aromatic heterocycles. The van der Waals surface area contributed by atoms with Crippen LogP contribution in [0.25, 0.3) is 0 Å². The topological polar surface area (TPSA) is 29.9 Å². The number of aryl methyl sites for hydroxylation is 1. The molecular formula is C13H15ClFN3. The minimum Gasteiger partial charge on any atom is -0.338 e. The molecule has 2 aromatic rings. The molecule has 1 N–H and O–H groups in total. The molecule has 0 aliphatic carbocycles. The molecule has 0 aliphatic rings. The molecular weight excluding hydrogens is 253 g/mol. The molecule has 0 radical (unpaired) electrons. The highest BCUT2D eigenvalue weighted by Gasteiger charge is 2.17. The van der Waals surface area contributed by atoms with Crippen molar-refractivity contribution in [2.45, 2.75) is 12.5 Å². The van der Waals surface area contributed by atoms with Crippen LogP contribution in [-0.4, -0.2) is 16.6 Å². The molecule has 1 atom stereocenters. The fourth-order valence-electron chi connectivity index (χ4n) is 1.93. The Morgan fingerprint density at radius 2 is 2.28 bits per heavy atom. The number of benzene rings is 1. The standard InChI is InChI=1S/C13H15ClFN3/c1-16-11(8-12-17-6-7-18(12)2)9-4-3-5-10(15)13(9)14/h3-7,11,16H,8H2,1-2H3. The summed E-state index contributed by atoms with van der Waals surface area (Å²) in [5.74, 6) is 0.531. The minimum absolute atomic E-state index is 0.0608. The van der Waals surface area contributed by atoms with Gasteiger partial charge in [0, 0.05) is 31.9 Å². The SMILES string of the molecule is CNC(Cc1nccn1C)c1cccc(F)c1Cl. The third-order valence-electron chi connectivity index (χ3n) is 3.01. The van der Waals surface area contributed by atoms with Crippen molar-refractivity contribution in [1.29, 1.82) is 0 Å². The van der Waals surface area contributed by atoms with Crippen LogP contribution in [0.2, 0.25) is 5.02 Å². The minimum atomic E-state index is -0.394. The highest BCUT2D eigenvalue weighted by atomic mass is 35.5. The Bertz CT molecular complexity index is 539. The summed E-state index contributed by atoms with van der Waals surface area (Å²) in [7, 11) is 3.76. The predicted molar refractivity (Wildman–Crippen MR) is 70.1 cm³/mol. The van der Waals surface area contributed by atoms with Crippen molar-refractivity contribution < 1.29 is 4.39 Å². The number of imidazole rings is 1. The van der Waals surface area contributed by atoms with E-state index in [9.17, 15) is 4.39 Å². The van der Waals surface area contributed by atoms with Crippen LogP contribution in [0.4, 0.5) is 4.39 Å². The zero-order valence-corrected chi connectivity index (χ0v) is 11.1. The average Bonchev–Trinajstić information content (AvgIpc) is 2.76. The van der Waals surface area contributed by atoms with E-state index < -0.39 is 5.82 Å². The number of nitrogens with zero attached hydrogens (tertiary/aromatic N) is 2. The first kappa shape index (κ1) is 13.1. The van der Waals surface area contributed by atoms with Crippen LogP contribution in [0.3, 0.4) is 0 Å². The van der Waals surface area contributed by atoms with E-state index in [0.717, 1.165) is 11.4 Å². The molecule has 0 amide bonds. The predicted octanol–water partition coefficient (Wildman–Crippen LogP) is 2.72. The number of rotatable bonds is 4. The van der Waals surface area contributed by atoms with Crippen molar-refractivity contribution in [3.8, 4) is 0 Å². The number of halogens is 2. The highest BCUT2D eigenvalue weighted by molar-refractivity contribution is 6.31. The van der Waals surface area contributed by atoms with Crippen molar-refractivity contribution in [1.82, 2.24) is 14.9 Å². The largest absolute Gasteiger partial charge is 0.338 e. The zero-order chi connectivity index (χ0) is 13.1. The van der Waals surface area contributed by atoms with Gasteiger partial charge >= 0.3 is 0 Å². The van der Waals surface area contributed by atoms with Crippen LogP contribution >= 0.6 is 11.6 Å². The first-order valence-corrected chi connectivity index (χ1v) is 6.08. The van der Waals surface area contributed by atoms with Gasteiger partial charge in [-0.05, 0) is 18.7 Å². The molecule has 1 aromatic carbocycles. The van der Waals surface area contributed by atoms with Gasteiger partial charge in [-0.1, -0.05) is 23.7 Å². The van der Waals surface area contributed by atoms with Gasteiger partial charge in [-0.3, -0.25) is 0 Å². The number of aromatic nitrogens is 2. The highest BCUT2D eigenvalue weighted by Crippen LogP contribution is 2.27. The summed E-state index contributed by atoms with van der Waals surface area (Å²) < 4.78 is 15.4. The summed E-state index contributed by atoms with van der Waals surface area (Å²) >= 11 is 6.00. The fraction of sp³-hybridized carbons (Fsp3) is 0.308. The van der Waals surface area contributed by atoms with E-state index in [1.54, 1.807) is 12.3 Å². The fourth-order valence-corrected chi connectivity index (χ4v) is 2.19. The van der Waals surface area contributed by atoms with E-state index in [4.69, 9.17) is 11.6 Å². The van der Waals surface area contributed by atoms with Crippen LogP contribution in [0.15, 0.2) is 30.6 Å². The summed E-state index contributed by atoms with van der Waals surface area (Å²) in [6.07, 6.45) is 4.29. The van der Waals surface area contributed by atoms with Crippen LogP contribution in [-0.2, 0) is 13.5 Å². The molecule has 0 fully saturated rings. The van der Waals surface area contributed by atoms with Gasteiger partial charge in [-0.25, -0.2) is 9.37 Å². The molecule has 2 rings (SSSR count). The second-order valence-corrected chi connectivity index (χ2v) is 4.52. The molecule has 96 valence electrons. The molecule has 1 unspecified atom stereocenters. The van der Waals surface area contributed by atoms with Gasteiger partial charge in [0.2, 0.25) is 0 Å². The third-order valence-corrected chi connectivity index (χ3v) is 3.41. The molecule has 0 spiro atoms. The van der Waals surface area contributed by atoms with Crippen LogP contribution in [0.5, 0.6) is 0 Å². The Morgan fingerprint density at radius 3 is 2.89 bits per heavy atom. The van der Waals surface area contributed by atoms with E-state index in [-0.39, 0.29) is 11.1 Å². The van der Waals surface area contributed by atoms with Crippen LogP contribution in [0, 0.1) is 5.82 Å². The Hall–Kier alpha value is -1.39. The van der Waals surface area contributed by atoms with E-state index in [0.29, 0.717) is 6.42 Å². The lowest BCUT2D eigenvalue weighted by Crippen LogP contribution is -2.21. The number of nitrogens with one attached hydrogen (secondary N) is 1. The maximum atomic E-state index is 13.5. The second kappa shape index (κ2) is 5.50. The average molecular weight is 268 g/mol. The Labute approximate surface area is 111 Å². The van der Waals surface area contributed by atoms with Gasteiger partial charge < -0.3 is 9.88 Å². The third kappa shape index (κ3) is 2.54. The molecule has 1 heterocycles. The lowest BCUT2D eigenvalue weighted by molar-refractivity contribution is 0.555. The van der Waals surface area contributed by atoms with E-state index in [2.05, 4.69) is 10.3 Å². The van der Waals surface area contributed by atoms with Crippen molar-refractivity contribution in [3.63, 3.8) is 0 Å². The molecule has 0 aliphatic heterocycles. The first-order chi connectivity index (χ1) is 8.63. The Kier molecular flexibility index (Phi) is 3.99. The number of likely N-dealkylation sites (N-methyl/N-ethyl adjacent to an activating group) is 1. The van der Waals surface area contributed by atoms with Gasteiger partial charge in [0.05, 0.1) is 5.02 Å². The molecule has 0 saturated carbocycles. The smallest absolute Gasteiger partial charge is 0.142 e. The normalized spacial score (nSPS) is 12.7. The lowest BCUT2D eigenvalue weighted by Gasteiger charge is -2.18. The van der Waals surface area contributed by atoms with Crippen molar-refractivity contribution >= 4 is 11.6 Å². The summed E-state index contributed by atoms with van der Waals surface area (Å²) in [6.45, 7) is 0. The second-order valence-electron chi connectivity index (χ2n) is 4.14. The number of hydrogen-bond acceptors (Lipinski definition) is 2. The van der Waals surface area contributed by atoms with Crippen LogP contribution in [0.1, 0.15) is 17.4 Å². The van der Waals surface area contributed by atoms with Gasteiger partial charge in [0.1, 0.15) is 11.6 Å². The molecule has 0 bridgehead atoms. The van der Waals surface area contributed by atoms with E-state index >= 15 is 0 Å². The summed E-state index contributed by atoms with van der Waals surface area (Å²) in [6, 6.07) is 4.79. The van der Waals surface area contributed by atoms with Gasteiger partial charge in [0.25, 0.3) is 0 Å². The van der Waals surface area contributed by atoms with Crippen LogP contribution < -0.4 is 5.32 Å². The summed E-state index contributed by atoms with van der Waals surface area (Å²) in [5.41, 5.74) is 0.752. The van der Waals surface area contributed by atoms with Gasteiger partial charge in [-0.2, -0.15) is 0 Å². The molecule has 3 nitrogen and oxygen atoms in total. The number of hydrogen-bond donors (Lipinski definition) is 1.